The Morgan fingerprint density at radius 2 is 1.78 bits per heavy atom. The average molecular weight is 366 g/mol. The average Bonchev–Trinajstić information content (AvgIpc) is 3.21. The molecule has 3 rings (SSSR count). The quantitative estimate of drug-likeness (QED) is 0.673. The summed E-state index contributed by atoms with van der Waals surface area (Å²) >= 11 is 0. The molecule has 1 aromatic heterocycles. The standard InChI is InChI=1S/C19H18N4O4/c1-13-3-8-17(16(9-13)23-11-20-21-12-23)27-10-18(24)22-15-6-4-14(5-7-15)19(25)26-2/h3-9,11-12H,10H2,1-2H3,(H,22,24). The van der Waals surface area contributed by atoms with Crippen molar-refractivity contribution in [2.45, 2.75) is 6.92 Å². The molecule has 0 radical (unpaired) electrons. The van der Waals surface area contributed by atoms with E-state index in [0.717, 1.165) is 11.3 Å². The second-order valence-electron chi connectivity index (χ2n) is 5.75. The van der Waals surface area contributed by atoms with E-state index in [9.17, 15) is 9.59 Å². The van der Waals surface area contributed by atoms with Crippen molar-refractivity contribution < 1.29 is 19.1 Å². The minimum absolute atomic E-state index is 0.170. The summed E-state index contributed by atoms with van der Waals surface area (Å²) < 4.78 is 12.0. The Bertz CT molecular complexity index is 937. The van der Waals surface area contributed by atoms with Gasteiger partial charge in [0.15, 0.2) is 6.61 Å². The number of nitrogens with one attached hydrogen (secondary N) is 1. The Kier molecular flexibility index (Phi) is 5.46. The second kappa shape index (κ2) is 8.13. The Morgan fingerprint density at radius 3 is 2.44 bits per heavy atom. The van der Waals surface area contributed by atoms with Crippen molar-refractivity contribution in [3.63, 3.8) is 0 Å². The van der Waals surface area contributed by atoms with E-state index in [1.807, 2.05) is 19.1 Å². The first-order valence-corrected chi connectivity index (χ1v) is 8.13. The molecule has 3 aromatic rings. The first-order valence-electron chi connectivity index (χ1n) is 8.13. The zero-order valence-electron chi connectivity index (χ0n) is 14.9. The van der Waals surface area contributed by atoms with Crippen LogP contribution in [0.5, 0.6) is 5.75 Å². The predicted molar refractivity (Wildman–Crippen MR) is 98.0 cm³/mol. The van der Waals surface area contributed by atoms with Crippen molar-refractivity contribution in [1.29, 1.82) is 0 Å². The molecule has 0 saturated heterocycles. The van der Waals surface area contributed by atoms with Gasteiger partial charge >= 0.3 is 5.97 Å². The maximum atomic E-state index is 12.2. The van der Waals surface area contributed by atoms with Gasteiger partial charge in [0, 0.05) is 5.69 Å². The maximum absolute atomic E-state index is 12.2. The highest BCUT2D eigenvalue weighted by Gasteiger charge is 2.10. The fourth-order valence-electron chi connectivity index (χ4n) is 2.42. The second-order valence-corrected chi connectivity index (χ2v) is 5.75. The topological polar surface area (TPSA) is 95.3 Å². The highest BCUT2D eigenvalue weighted by Crippen LogP contribution is 2.24. The van der Waals surface area contributed by atoms with Gasteiger partial charge in [0.1, 0.15) is 18.4 Å². The fourth-order valence-corrected chi connectivity index (χ4v) is 2.42. The summed E-state index contributed by atoms with van der Waals surface area (Å²) in [6.45, 7) is 1.79. The van der Waals surface area contributed by atoms with Crippen LogP contribution in [0.1, 0.15) is 15.9 Å². The molecule has 0 bridgehead atoms. The molecule has 0 aliphatic rings. The van der Waals surface area contributed by atoms with Crippen LogP contribution in [-0.4, -0.2) is 40.4 Å². The Hall–Kier alpha value is -3.68. The normalized spacial score (nSPS) is 10.3. The van der Waals surface area contributed by atoms with Crippen LogP contribution in [0.2, 0.25) is 0 Å². The van der Waals surface area contributed by atoms with Crippen LogP contribution in [0, 0.1) is 6.92 Å². The largest absolute Gasteiger partial charge is 0.482 e. The third-order valence-electron chi connectivity index (χ3n) is 3.76. The number of amides is 1. The highest BCUT2D eigenvalue weighted by molar-refractivity contribution is 5.93. The molecule has 27 heavy (non-hydrogen) atoms. The molecule has 138 valence electrons. The third kappa shape index (κ3) is 4.49. The van der Waals surface area contributed by atoms with Crippen LogP contribution in [0.3, 0.4) is 0 Å². The monoisotopic (exact) mass is 366 g/mol. The minimum Gasteiger partial charge on any atom is -0.482 e. The van der Waals surface area contributed by atoms with E-state index in [0.29, 0.717) is 17.0 Å². The van der Waals surface area contributed by atoms with Crippen molar-refractivity contribution in [2.24, 2.45) is 0 Å². The van der Waals surface area contributed by atoms with Crippen LogP contribution in [-0.2, 0) is 9.53 Å². The summed E-state index contributed by atoms with van der Waals surface area (Å²) in [6.07, 6.45) is 3.12. The first kappa shape index (κ1) is 18.1. The molecule has 8 nitrogen and oxygen atoms in total. The van der Waals surface area contributed by atoms with Crippen LogP contribution >= 0.6 is 0 Å². The Morgan fingerprint density at radius 1 is 1.07 bits per heavy atom. The Balaban J connectivity index is 1.64. The SMILES string of the molecule is COC(=O)c1ccc(NC(=O)COc2ccc(C)cc2-n2cnnc2)cc1. The number of hydrogen-bond acceptors (Lipinski definition) is 6. The van der Waals surface area contributed by atoms with Gasteiger partial charge in [0.25, 0.3) is 5.91 Å². The van der Waals surface area contributed by atoms with Gasteiger partial charge < -0.3 is 14.8 Å². The summed E-state index contributed by atoms with van der Waals surface area (Å²) in [5.41, 5.74) is 2.75. The molecule has 1 N–H and O–H groups in total. The summed E-state index contributed by atoms with van der Waals surface area (Å²) in [4.78, 5) is 23.6. The number of aromatic nitrogens is 3. The van der Waals surface area contributed by atoms with Gasteiger partial charge in [-0.15, -0.1) is 10.2 Å². The number of ether oxygens (including phenoxy) is 2. The lowest BCUT2D eigenvalue weighted by molar-refractivity contribution is -0.118. The van der Waals surface area contributed by atoms with Gasteiger partial charge in [-0.25, -0.2) is 4.79 Å². The molecular weight excluding hydrogens is 348 g/mol. The zero-order chi connectivity index (χ0) is 19.2. The maximum Gasteiger partial charge on any atom is 0.337 e. The molecule has 0 saturated carbocycles. The van der Waals surface area contributed by atoms with E-state index in [1.54, 1.807) is 47.6 Å². The summed E-state index contributed by atoms with van der Waals surface area (Å²) in [7, 11) is 1.31. The van der Waals surface area contributed by atoms with Crippen molar-refractivity contribution in [2.75, 3.05) is 19.0 Å². The van der Waals surface area contributed by atoms with E-state index in [2.05, 4.69) is 20.3 Å². The number of anilines is 1. The first-order chi connectivity index (χ1) is 13.1. The number of carbonyl (C=O) groups excluding carboxylic acids is 2. The summed E-state index contributed by atoms with van der Waals surface area (Å²) in [6, 6.07) is 12.0. The van der Waals surface area contributed by atoms with E-state index < -0.39 is 5.97 Å². The van der Waals surface area contributed by atoms with E-state index in [1.165, 1.54) is 7.11 Å². The lowest BCUT2D eigenvalue weighted by Crippen LogP contribution is -2.20. The zero-order valence-corrected chi connectivity index (χ0v) is 14.9. The predicted octanol–water partition coefficient (Wildman–Crippen LogP) is 2.38. The number of esters is 1. The molecule has 0 atom stereocenters. The number of aryl methyl sites for hydroxylation is 1. The molecule has 2 aromatic carbocycles. The number of carbonyl (C=O) groups is 2. The Labute approximate surface area is 155 Å². The summed E-state index contributed by atoms with van der Waals surface area (Å²) in [5.74, 6) is -0.218. The molecule has 0 aliphatic carbocycles. The number of rotatable bonds is 6. The molecular formula is C19H18N4O4. The minimum atomic E-state index is -0.433. The lowest BCUT2D eigenvalue weighted by atomic mass is 10.2. The molecule has 8 heteroatoms. The van der Waals surface area contributed by atoms with Crippen molar-refractivity contribution in [3.8, 4) is 11.4 Å². The van der Waals surface area contributed by atoms with Crippen molar-refractivity contribution >= 4 is 17.6 Å². The third-order valence-corrected chi connectivity index (χ3v) is 3.76. The number of hydrogen-bond donors (Lipinski definition) is 1. The van der Waals surface area contributed by atoms with Gasteiger partial charge in [0.2, 0.25) is 0 Å². The van der Waals surface area contributed by atoms with E-state index in [4.69, 9.17) is 4.74 Å². The van der Waals surface area contributed by atoms with Gasteiger partial charge in [-0.2, -0.15) is 0 Å². The van der Waals surface area contributed by atoms with Gasteiger partial charge in [-0.05, 0) is 48.9 Å². The van der Waals surface area contributed by atoms with Crippen LogP contribution in [0.25, 0.3) is 5.69 Å². The molecule has 0 spiro atoms. The van der Waals surface area contributed by atoms with Crippen LogP contribution in [0.4, 0.5) is 5.69 Å². The van der Waals surface area contributed by atoms with Gasteiger partial charge in [-0.1, -0.05) is 6.07 Å². The van der Waals surface area contributed by atoms with Gasteiger partial charge in [0.05, 0.1) is 18.4 Å². The van der Waals surface area contributed by atoms with Crippen molar-refractivity contribution in [1.82, 2.24) is 14.8 Å². The van der Waals surface area contributed by atoms with Crippen LogP contribution in [0.15, 0.2) is 55.1 Å². The highest BCUT2D eigenvalue weighted by atomic mass is 16.5. The molecule has 0 unspecified atom stereocenters. The van der Waals surface area contributed by atoms with Crippen LogP contribution < -0.4 is 10.1 Å². The molecule has 0 fully saturated rings. The van der Waals surface area contributed by atoms with Crippen molar-refractivity contribution in [3.05, 3.63) is 66.2 Å². The smallest absolute Gasteiger partial charge is 0.337 e. The summed E-state index contributed by atoms with van der Waals surface area (Å²) in [5, 5.41) is 10.3. The number of methoxy groups -OCH3 is 1. The van der Waals surface area contributed by atoms with E-state index in [-0.39, 0.29) is 12.5 Å². The lowest BCUT2D eigenvalue weighted by Gasteiger charge is -2.12. The van der Waals surface area contributed by atoms with E-state index >= 15 is 0 Å². The molecule has 1 amide bonds. The number of nitrogens with zero attached hydrogens (tertiary/aromatic N) is 3. The van der Waals surface area contributed by atoms with Gasteiger partial charge in [-0.3, -0.25) is 9.36 Å². The molecule has 1 heterocycles. The number of benzene rings is 2. The fraction of sp³-hybridized carbons (Fsp3) is 0.158. The molecule has 0 aliphatic heterocycles.